The quantitative estimate of drug-likeness (QED) is 0.731. The highest BCUT2D eigenvalue weighted by atomic mass is 35.5. The predicted octanol–water partition coefficient (Wildman–Crippen LogP) is 3.30. The molecule has 3 aliphatic rings. The average Bonchev–Trinajstić information content (AvgIpc) is 2.79. The first kappa shape index (κ1) is 20.9. The van der Waals surface area contributed by atoms with Gasteiger partial charge in [0.1, 0.15) is 5.82 Å². The number of nitrogens with zero attached hydrogens (tertiary/aromatic N) is 4. The molecule has 1 aromatic rings. The van der Waals surface area contributed by atoms with Gasteiger partial charge in [-0.05, 0) is 57.1 Å². The number of anilines is 1. The van der Waals surface area contributed by atoms with Crippen LogP contribution in [0.4, 0.5) is 5.82 Å². The lowest BCUT2D eigenvalue weighted by molar-refractivity contribution is 0.0349. The third-order valence-corrected chi connectivity index (χ3v) is 6.86. The third kappa shape index (κ3) is 5.41. The molecule has 29 heavy (non-hydrogen) atoms. The molecule has 6 nitrogen and oxygen atoms in total. The summed E-state index contributed by atoms with van der Waals surface area (Å²) in [5.41, 5.74) is 0.612. The summed E-state index contributed by atoms with van der Waals surface area (Å²) < 4.78 is 5.43. The zero-order chi connectivity index (χ0) is 20.1. The molecule has 0 atom stereocenters. The summed E-state index contributed by atoms with van der Waals surface area (Å²) in [5, 5.41) is 0.597. The maximum absolute atomic E-state index is 12.7. The number of halogens is 1. The van der Waals surface area contributed by atoms with Gasteiger partial charge in [-0.25, -0.2) is 4.98 Å². The van der Waals surface area contributed by atoms with Crippen LogP contribution in [0.1, 0.15) is 48.9 Å². The molecule has 0 aromatic carbocycles. The fraction of sp³-hybridized carbons (Fsp3) is 0.727. The molecule has 0 aliphatic carbocycles. The van der Waals surface area contributed by atoms with Gasteiger partial charge in [-0.2, -0.15) is 0 Å². The molecule has 1 aromatic heterocycles. The van der Waals surface area contributed by atoms with Crippen LogP contribution in [0, 0.1) is 5.92 Å². The van der Waals surface area contributed by atoms with Crippen LogP contribution >= 0.6 is 11.6 Å². The molecule has 4 rings (SSSR count). The maximum atomic E-state index is 12.7. The molecule has 0 radical (unpaired) electrons. The number of amides is 1. The van der Waals surface area contributed by atoms with E-state index in [1.54, 1.807) is 6.20 Å². The van der Waals surface area contributed by atoms with Crippen molar-refractivity contribution in [3.63, 3.8) is 0 Å². The summed E-state index contributed by atoms with van der Waals surface area (Å²) in [5.74, 6) is 1.66. The number of carbonyl (C=O) groups excluding carboxylic acids is 1. The summed E-state index contributed by atoms with van der Waals surface area (Å²) in [6.45, 7) is 8.73. The Morgan fingerprint density at radius 2 is 1.79 bits per heavy atom. The largest absolute Gasteiger partial charge is 0.379 e. The fourth-order valence-corrected chi connectivity index (χ4v) is 4.97. The van der Waals surface area contributed by atoms with Gasteiger partial charge in [0.2, 0.25) is 0 Å². The lowest BCUT2D eigenvalue weighted by Crippen LogP contribution is -2.39. The van der Waals surface area contributed by atoms with E-state index in [1.807, 2.05) is 11.0 Å². The Balaban J connectivity index is 1.28. The predicted molar refractivity (Wildman–Crippen MR) is 116 cm³/mol. The molecular formula is C22H33ClN4O2. The molecule has 4 heterocycles. The lowest BCUT2D eigenvalue weighted by atomic mass is 9.93. The van der Waals surface area contributed by atoms with Crippen molar-refractivity contribution in [3.05, 3.63) is 22.8 Å². The van der Waals surface area contributed by atoms with E-state index in [-0.39, 0.29) is 5.91 Å². The minimum absolute atomic E-state index is 0.0625. The monoisotopic (exact) mass is 420 g/mol. The Hall–Kier alpha value is -1.37. The van der Waals surface area contributed by atoms with Gasteiger partial charge in [-0.3, -0.25) is 9.69 Å². The topological polar surface area (TPSA) is 48.9 Å². The van der Waals surface area contributed by atoms with Crippen molar-refractivity contribution in [1.29, 1.82) is 0 Å². The van der Waals surface area contributed by atoms with E-state index in [4.69, 9.17) is 16.3 Å². The van der Waals surface area contributed by atoms with Gasteiger partial charge in [0.15, 0.2) is 0 Å². The van der Waals surface area contributed by atoms with Gasteiger partial charge in [-0.1, -0.05) is 11.6 Å². The Morgan fingerprint density at radius 1 is 1.07 bits per heavy atom. The number of carbonyl (C=O) groups is 1. The maximum Gasteiger partial charge on any atom is 0.255 e. The standard InChI is InChI=1S/C22H33ClN4O2/c23-20-16-19(22(28)27-7-2-1-3-8-27)17-24-21(20)26-10-5-18(6-11-26)4-9-25-12-14-29-15-13-25/h16-18H,1-15H2. The van der Waals surface area contributed by atoms with Crippen molar-refractivity contribution >= 4 is 23.3 Å². The van der Waals surface area contributed by atoms with E-state index < -0.39 is 0 Å². The molecule has 7 heteroatoms. The van der Waals surface area contributed by atoms with Crippen LogP contribution in [0.25, 0.3) is 0 Å². The highest BCUT2D eigenvalue weighted by Crippen LogP contribution is 2.30. The zero-order valence-electron chi connectivity index (χ0n) is 17.3. The van der Waals surface area contributed by atoms with E-state index in [0.717, 1.165) is 77.1 Å². The van der Waals surface area contributed by atoms with Crippen molar-refractivity contribution in [1.82, 2.24) is 14.8 Å². The van der Waals surface area contributed by atoms with E-state index in [2.05, 4.69) is 14.8 Å². The molecule has 3 saturated heterocycles. The third-order valence-electron chi connectivity index (χ3n) is 6.58. The molecule has 160 valence electrons. The summed E-state index contributed by atoms with van der Waals surface area (Å²) in [4.78, 5) is 24.0. The minimum atomic E-state index is 0.0625. The zero-order valence-corrected chi connectivity index (χ0v) is 18.1. The summed E-state index contributed by atoms with van der Waals surface area (Å²) in [6.07, 6.45) is 8.72. The molecule has 0 N–H and O–H groups in total. The van der Waals surface area contributed by atoms with Crippen LogP contribution in [-0.4, -0.2) is 79.7 Å². The van der Waals surface area contributed by atoms with Crippen molar-refractivity contribution in [2.24, 2.45) is 5.92 Å². The van der Waals surface area contributed by atoms with Crippen molar-refractivity contribution in [3.8, 4) is 0 Å². The Bertz CT molecular complexity index is 681. The van der Waals surface area contributed by atoms with Crippen LogP contribution in [0.15, 0.2) is 12.3 Å². The van der Waals surface area contributed by atoms with Crippen LogP contribution in [0.5, 0.6) is 0 Å². The molecular weight excluding hydrogens is 388 g/mol. The first-order valence-electron chi connectivity index (χ1n) is 11.2. The van der Waals surface area contributed by atoms with Crippen LogP contribution < -0.4 is 4.90 Å². The number of hydrogen-bond acceptors (Lipinski definition) is 5. The SMILES string of the molecule is O=C(c1cnc(N2CCC(CCN3CCOCC3)CC2)c(Cl)c1)N1CCCCC1. The number of hydrogen-bond donors (Lipinski definition) is 0. The molecule has 3 aliphatic heterocycles. The summed E-state index contributed by atoms with van der Waals surface area (Å²) in [6, 6.07) is 1.81. The number of likely N-dealkylation sites (tertiary alicyclic amines) is 1. The van der Waals surface area contributed by atoms with E-state index >= 15 is 0 Å². The fourth-order valence-electron chi connectivity index (χ4n) is 4.68. The van der Waals surface area contributed by atoms with Crippen molar-refractivity contribution in [2.45, 2.75) is 38.5 Å². The van der Waals surface area contributed by atoms with Gasteiger partial charge in [0.05, 0.1) is 23.8 Å². The Labute approximate surface area is 179 Å². The summed E-state index contributed by atoms with van der Waals surface area (Å²) >= 11 is 6.55. The lowest BCUT2D eigenvalue weighted by Gasteiger charge is -2.35. The first-order valence-corrected chi connectivity index (χ1v) is 11.6. The number of ether oxygens (including phenoxy) is 1. The first-order chi connectivity index (χ1) is 14.2. The molecule has 0 spiro atoms. The van der Waals surface area contributed by atoms with Gasteiger partial charge in [0.25, 0.3) is 5.91 Å². The van der Waals surface area contributed by atoms with E-state index in [0.29, 0.717) is 10.6 Å². The smallest absolute Gasteiger partial charge is 0.255 e. The van der Waals surface area contributed by atoms with E-state index in [9.17, 15) is 4.79 Å². The number of piperidine rings is 2. The van der Waals surface area contributed by atoms with Crippen LogP contribution in [0.3, 0.4) is 0 Å². The molecule has 0 bridgehead atoms. The number of pyridine rings is 1. The highest BCUT2D eigenvalue weighted by molar-refractivity contribution is 6.33. The van der Waals surface area contributed by atoms with Crippen LogP contribution in [-0.2, 0) is 4.74 Å². The van der Waals surface area contributed by atoms with Gasteiger partial charge >= 0.3 is 0 Å². The number of rotatable bonds is 5. The second-order valence-corrected chi connectivity index (χ2v) is 8.96. The highest BCUT2D eigenvalue weighted by Gasteiger charge is 2.24. The second kappa shape index (κ2) is 10.1. The Morgan fingerprint density at radius 3 is 2.48 bits per heavy atom. The second-order valence-electron chi connectivity index (χ2n) is 8.56. The number of morpholine rings is 1. The minimum Gasteiger partial charge on any atom is -0.379 e. The van der Waals surface area contributed by atoms with Crippen molar-refractivity contribution < 1.29 is 9.53 Å². The van der Waals surface area contributed by atoms with Crippen molar-refractivity contribution in [2.75, 3.05) is 63.9 Å². The van der Waals surface area contributed by atoms with Gasteiger partial charge < -0.3 is 14.5 Å². The molecule has 3 fully saturated rings. The molecule has 0 saturated carbocycles. The van der Waals surface area contributed by atoms with Gasteiger partial charge in [-0.15, -0.1) is 0 Å². The van der Waals surface area contributed by atoms with Gasteiger partial charge in [0, 0.05) is 45.5 Å². The Kier molecular flexibility index (Phi) is 7.27. The van der Waals surface area contributed by atoms with Crippen LogP contribution in [0.2, 0.25) is 5.02 Å². The average molecular weight is 421 g/mol. The normalized spacial score (nSPS) is 22.1. The molecule has 0 unspecified atom stereocenters. The number of aromatic nitrogens is 1. The molecule has 1 amide bonds. The van der Waals surface area contributed by atoms with E-state index in [1.165, 1.54) is 32.2 Å². The summed E-state index contributed by atoms with van der Waals surface area (Å²) in [7, 11) is 0.